The van der Waals surface area contributed by atoms with E-state index in [-0.39, 0.29) is 10.6 Å². The second kappa shape index (κ2) is 11.7. The van der Waals surface area contributed by atoms with Crippen molar-refractivity contribution < 1.29 is 18.3 Å². The van der Waals surface area contributed by atoms with Crippen molar-refractivity contribution in [3.05, 3.63) is 95.5 Å². The zero-order valence-corrected chi connectivity index (χ0v) is 14.6. The van der Waals surface area contributed by atoms with Crippen molar-refractivity contribution in [2.45, 2.75) is 0 Å². The molecule has 0 bridgehead atoms. The van der Waals surface area contributed by atoms with Crippen LogP contribution in [0.2, 0.25) is 5.02 Å². The van der Waals surface area contributed by atoms with E-state index in [0.717, 1.165) is 0 Å². The zero-order chi connectivity index (χ0) is 18.5. The van der Waals surface area contributed by atoms with Crippen LogP contribution < -0.4 is 0 Å². The van der Waals surface area contributed by atoms with Crippen molar-refractivity contribution in [1.29, 1.82) is 0 Å². The Hall–Kier alpha value is -2.76. The van der Waals surface area contributed by atoms with Crippen molar-refractivity contribution in [3.8, 4) is 11.1 Å². The van der Waals surface area contributed by atoms with E-state index in [4.69, 9.17) is 25.1 Å². The lowest BCUT2D eigenvalue weighted by atomic mass is 10.1. The van der Waals surface area contributed by atoms with Gasteiger partial charge in [0.1, 0.15) is 0 Å². The maximum atomic E-state index is 10.3. The van der Waals surface area contributed by atoms with E-state index in [1.165, 1.54) is 17.2 Å². The van der Waals surface area contributed by atoms with E-state index >= 15 is 0 Å². The van der Waals surface area contributed by atoms with Gasteiger partial charge in [0.05, 0.1) is 10.6 Å². The van der Waals surface area contributed by atoms with Crippen LogP contribution in [-0.4, -0.2) is 19.5 Å². The molecule has 0 aliphatic heterocycles. The van der Waals surface area contributed by atoms with Crippen LogP contribution in [0.25, 0.3) is 11.1 Å². The number of halogens is 1. The van der Waals surface area contributed by atoms with Crippen molar-refractivity contribution in [1.82, 2.24) is 0 Å². The first-order valence-corrected chi connectivity index (χ1v) is 8.14. The third-order valence-electron chi connectivity index (χ3n) is 2.99. The van der Waals surface area contributed by atoms with Crippen LogP contribution in [0.1, 0.15) is 10.4 Å². The van der Waals surface area contributed by atoms with Gasteiger partial charge in [-0.2, -0.15) is 8.42 Å². The van der Waals surface area contributed by atoms with Gasteiger partial charge in [0, 0.05) is 0 Å². The summed E-state index contributed by atoms with van der Waals surface area (Å²) in [5.74, 6) is -0.995. The van der Waals surface area contributed by atoms with Crippen LogP contribution in [0.15, 0.2) is 84.9 Å². The fourth-order valence-corrected chi connectivity index (χ4v) is 2.11. The summed E-state index contributed by atoms with van der Waals surface area (Å²) >= 11 is 4.79. The molecule has 1 N–H and O–H groups in total. The number of hydrogen-bond donors (Lipinski definition) is 1. The first-order valence-electron chi connectivity index (χ1n) is 7.10. The molecule has 25 heavy (non-hydrogen) atoms. The Bertz CT molecular complexity index is 780. The average molecular weight is 375 g/mol. The maximum Gasteiger partial charge on any atom is 0.337 e. The van der Waals surface area contributed by atoms with Crippen molar-refractivity contribution >= 4 is 29.1 Å². The molecule has 0 aliphatic carbocycles. The lowest BCUT2D eigenvalue weighted by Crippen LogP contribution is -1.95. The molecule has 0 aliphatic rings. The van der Waals surface area contributed by atoms with E-state index in [1.807, 2.05) is 12.1 Å². The largest absolute Gasteiger partial charge is 0.478 e. The molecule has 3 rings (SSSR count). The molecule has 3 aromatic rings. The molecule has 0 atom stereocenters. The smallest absolute Gasteiger partial charge is 0.337 e. The highest BCUT2D eigenvalue weighted by atomic mass is 35.5. The second-order valence-corrected chi connectivity index (χ2v) is 5.13. The van der Waals surface area contributed by atoms with Crippen LogP contribution in [0.4, 0.5) is 0 Å². The number of hydrogen-bond acceptors (Lipinski definition) is 3. The monoisotopic (exact) mass is 374 g/mol. The van der Waals surface area contributed by atoms with E-state index in [9.17, 15) is 4.79 Å². The summed E-state index contributed by atoms with van der Waals surface area (Å²) in [7, 11) is 0. The fourth-order valence-electron chi connectivity index (χ4n) is 1.90. The van der Waals surface area contributed by atoms with Gasteiger partial charge in [-0.1, -0.05) is 84.4 Å². The van der Waals surface area contributed by atoms with Crippen molar-refractivity contribution in [2.75, 3.05) is 0 Å². The summed E-state index contributed by atoms with van der Waals surface area (Å²) in [6.07, 6.45) is 0. The van der Waals surface area contributed by atoms with Crippen LogP contribution in [0.5, 0.6) is 0 Å². The SMILES string of the molecule is O=C(O)c1ccccc1Cl.O=S=O.c1ccc(-c2ccccc2)cc1. The number of aromatic carboxylic acids is 1. The number of carbonyl (C=O) groups is 1. The topological polar surface area (TPSA) is 71.4 Å². The predicted molar refractivity (Wildman–Crippen MR) is 99.2 cm³/mol. The average Bonchev–Trinajstić information content (AvgIpc) is 2.65. The molecule has 0 saturated heterocycles. The highest BCUT2D eigenvalue weighted by molar-refractivity contribution is 7.51. The summed E-state index contributed by atoms with van der Waals surface area (Å²) in [4.78, 5) is 10.3. The molecule has 4 nitrogen and oxygen atoms in total. The molecule has 0 amide bonds. The normalized spacial score (nSPS) is 8.84. The van der Waals surface area contributed by atoms with Gasteiger partial charge in [-0.25, -0.2) is 4.79 Å². The minimum atomic E-state index is -0.995. The van der Waals surface area contributed by atoms with Gasteiger partial charge in [0.2, 0.25) is 0 Å². The van der Waals surface area contributed by atoms with E-state index < -0.39 is 17.5 Å². The van der Waals surface area contributed by atoms with Crippen LogP contribution in [0.3, 0.4) is 0 Å². The second-order valence-electron chi connectivity index (χ2n) is 4.59. The lowest BCUT2D eigenvalue weighted by Gasteiger charge is -1.98. The maximum absolute atomic E-state index is 10.3. The quantitative estimate of drug-likeness (QED) is 0.704. The third kappa shape index (κ3) is 7.56. The molecular weight excluding hydrogens is 360 g/mol. The van der Waals surface area contributed by atoms with Gasteiger partial charge >= 0.3 is 17.5 Å². The Kier molecular flexibility index (Phi) is 9.51. The molecule has 6 heteroatoms. The number of carboxylic acids is 1. The molecule has 0 heterocycles. The van der Waals surface area contributed by atoms with Gasteiger partial charge in [-0.05, 0) is 23.3 Å². The predicted octanol–water partition coefficient (Wildman–Crippen LogP) is 4.72. The first kappa shape index (κ1) is 20.3. The summed E-state index contributed by atoms with van der Waals surface area (Å²) in [5.41, 5.74) is 2.69. The molecule has 0 saturated carbocycles. The molecule has 0 aromatic heterocycles. The van der Waals surface area contributed by atoms with Crippen LogP contribution in [0, 0.1) is 0 Å². The summed E-state index contributed by atoms with van der Waals surface area (Å²) in [6, 6.07) is 27.1. The molecule has 0 radical (unpaired) electrons. The zero-order valence-electron chi connectivity index (χ0n) is 13.0. The van der Waals surface area contributed by atoms with Crippen molar-refractivity contribution in [2.24, 2.45) is 0 Å². The summed E-state index contributed by atoms with van der Waals surface area (Å²) in [5, 5.41) is 8.75. The van der Waals surface area contributed by atoms with Crippen molar-refractivity contribution in [3.63, 3.8) is 0 Å². The molecule has 0 spiro atoms. The molecule has 0 fully saturated rings. The lowest BCUT2D eigenvalue weighted by molar-refractivity contribution is 0.0697. The van der Waals surface area contributed by atoms with Gasteiger partial charge in [0.15, 0.2) is 0 Å². The molecule has 3 aromatic carbocycles. The highest BCUT2D eigenvalue weighted by Crippen LogP contribution is 2.17. The molecule has 128 valence electrons. The minimum absolute atomic E-state index is 0.143. The first-order chi connectivity index (χ1) is 12.1. The Morgan fingerprint density at radius 1 is 0.720 bits per heavy atom. The Morgan fingerprint density at radius 2 is 1.08 bits per heavy atom. The molecule has 0 unspecified atom stereocenters. The Balaban J connectivity index is 0.000000220. The number of carboxylic acid groups (broad SMARTS) is 1. The van der Waals surface area contributed by atoms with E-state index in [0.29, 0.717) is 0 Å². The van der Waals surface area contributed by atoms with Gasteiger partial charge in [-0.15, -0.1) is 0 Å². The van der Waals surface area contributed by atoms with Gasteiger partial charge < -0.3 is 5.11 Å². The van der Waals surface area contributed by atoms with E-state index in [2.05, 4.69) is 48.5 Å². The van der Waals surface area contributed by atoms with Gasteiger partial charge in [0.25, 0.3) is 0 Å². The van der Waals surface area contributed by atoms with E-state index in [1.54, 1.807) is 18.2 Å². The molecular formula is C19H15ClO4S. The summed E-state index contributed by atoms with van der Waals surface area (Å²) in [6.45, 7) is 0. The number of rotatable bonds is 2. The third-order valence-corrected chi connectivity index (χ3v) is 3.31. The van der Waals surface area contributed by atoms with Crippen LogP contribution >= 0.6 is 11.6 Å². The number of benzene rings is 3. The standard InChI is InChI=1S/C12H10.C7H5ClO2.O2S/c1-3-7-11(8-4-1)12-9-5-2-6-10-12;8-6-4-2-1-3-5(6)7(9)10;1-3-2/h1-10H;1-4H,(H,9,10);. The summed E-state index contributed by atoms with van der Waals surface area (Å²) < 4.78 is 16.6. The fraction of sp³-hybridized carbons (Fsp3) is 0. The van der Waals surface area contributed by atoms with Gasteiger partial charge in [-0.3, -0.25) is 0 Å². The van der Waals surface area contributed by atoms with Crippen LogP contribution in [-0.2, 0) is 11.6 Å². The Morgan fingerprint density at radius 3 is 1.40 bits per heavy atom. The Labute approximate surface area is 154 Å². The highest BCUT2D eigenvalue weighted by Gasteiger charge is 2.04. The minimum Gasteiger partial charge on any atom is -0.478 e.